The topological polar surface area (TPSA) is 9.23 Å². The van der Waals surface area contributed by atoms with Crippen LogP contribution in [0.25, 0.3) is 0 Å². The third-order valence-corrected chi connectivity index (χ3v) is 3.23. The molecular formula is C15H24O. The molecule has 1 aromatic rings. The molecule has 1 aliphatic carbocycles. The normalized spacial score (nSPS) is 22.4. The van der Waals surface area contributed by atoms with Gasteiger partial charge in [-0.3, -0.25) is 0 Å². The van der Waals surface area contributed by atoms with Gasteiger partial charge in [0.1, 0.15) is 5.75 Å². The van der Waals surface area contributed by atoms with E-state index in [4.69, 9.17) is 4.74 Å². The van der Waals surface area contributed by atoms with Crippen LogP contribution in [0.2, 0.25) is 0 Å². The number of benzene rings is 1. The molecule has 0 spiro atoms. The Hall–Kier alpha value is -0.980. The van der Waals surface area contributed by atoms with Crippen LogP contribution >= 0.6 is 0 Å². The molecule has 0 aromatic heterocycles. The van der Waals surface area contributed by atoms with Crippen LogP contribution in [-0.4, -0.2) is 6.61 Å². The Bertz CT molecular complexity index is 319. The Balaban J connectivity index is 0.00000128. The maximum atomic E-state index is 5.78. The number of ether oxygens (including phenoxy) is 1. The minimum Gasteiger partial charge on any atom is -0.493 e. The van der Waals surface area contributed by atoms with Gasteiger partial charge in [0.2, 0.25) is 0 Å². The van der Waals surface area contributed by atoms with Gasteiger partial charge >= 0.3 is 0 Å². The first-order valence-corrected chi connectivity index (χ1v) is 6.08. The Morgan fingerprint density at radius 2 is 2.00 bits per heavy atom. The van der Waals surface area contributed by atoms with Crippen molar-refractivity contribution in [3.05, 3.63) is 29.8 Å². The second kappa shape index (κ2) is 5.93. The molecule has 2 atom stereocenters. The zero-order valence-corrected chi connectivity index (χ0v) is 9.70. The molecular weight excluding hydrogens is 196 g/mol. The van der Waals surface area contributed by atoms with Crippen molar-refractivity contribution in [2.24, 2.45) is 5.92 Å². The molecule has 1 aromatic carbocycles. The minimum atomic E-state index is 0. The fourth-order valence-electron chi connectivity index (χ4n) is 2.21. The molecule has 90 valence electrons. The summed E-state index contributed by atoms with van der Waals surface area (Å²) in [6, 6.07) is 8.53. The van der Waals surface area contributed by atoms with E-state index in [2.05, 4.69) is 38.1 Å². The summed E-state index contributed by atoms with van der Waals surface area (Å²) in [7, 11) is 0. The van der Waals surface area contributed by atoms with Gasteiger partial charge in [-0.1, -0.05) is 45.9 Å². The van der Waals surface area contributed by atoms with Crippen LogP contribution in [0, 0.1) is 5.92 Å². The maximum Gasteiger partial charge on any atom is 0.122 e. The lowest BCUT2D eigenvalue weighted by Crippen LogP contribution is -1.98. The molecule has 1 fully saturated rings. The van der Waals surface area contributed by atoms with E-state index in [9.17, 15) is 0 Å². The lowest BCUT2D eigenvalue weighted by molar-refractivity contribution is 0.314. The smallest absolute Gasteiger partial charge is 0.122 e. The maximum absolute atomic E-state index is 5.78. The van der Waals surface area contributed by atoms with E-state index in [1.165, 1.54) is 18.4 Å². The molecule has 0 heterocycles. The first-order chi connectivity index (χ1) is 7.36. The van der Waals surface area contributed by atoms with Crippen LogP contribution in [0.5, 0.6) is 5.75 Å². The standard InChI is InChI=1S/C14H20O.CH4/c1-3-9-15-14-8-6-5-7-12(14)13-10-11(13)4-2;/h5-8,11,13H,3-4,9-10H2,1-2H3;1H4/t11-,13+;/m0./s1. The number of rotatable bonds is 5. The summed E-state index contributed by atoms with van der Waals surface area (Å²) < 4.78 is 5.78. The highest BCUT2D eigenvalue weighted by Crippen LogP contribution is 2.51. The van der Waals surface area contributed by atoms with Gasteiger partial charge in [-0.05, 0) is 36.3 Å². The Morgan fingerprint density at radius 1 is 1.25 bits per heavy atom. The van der Waals surface area contributed by atoms with Gasteiger partial charge in [0, 0.05) is 0 Å². The molecule has 1 saturated carbocycles. The highest BCUT2D eigenvalue weighted by Gasteiger charge is 2.38. The zero-order valence-electron chi connectivity index (χ0n) is 9.70. The van der Waals surface area contributed by atoms with Crippen molar-refractivity contribution in [2.45, 2.75) is 46.5 Å². The molecule has 0 amide bonds. The molecule has 0 N–H and O–H groups in total. The number of hydrogen-bond donors (Lipinski definition) is 0. The van der Waals surface area contributed by atoms with Crippen molar-refractivity contribution in [3.8, 4) is 5.75 Å². The molecule has 0 saturated heterocycles. The lowest BCUT2D eigenvalue weighted by Gasteiger charge is -2.10. The van der Waals surface area contributed by atoms with Crippen LogP contribution < -0.4 is 4.74 Å². The molecule has 1 heteroatoms. The summed E-state index contributed by atoms with van der Waals surface area (Å²) in [6.45, 7) is 5.26. The fourth-order valence-corrected chi connectivity index (χ4v) is 2.21. The third kappa shape index (κ3) is 2.78. The van der Waals surface area contributed by atoms with Gasteiger partial charge in [0.05, 0.1) is 6.61 Å². The highest BCUT2D eigenvalue weighted by atomic mass is 16.5. The van der Waals surface area contributed by atoms with Crippen molar-refractivity contribution < 1.29 is 4.74 Å². The quantitative estimate of drug-likeness (QED) is 0.703. The first kappa shape index (κ1) is 13.1. The van der Waals surface area contributed by atoms with Gasteiger partial charge in [0.25, 0.3) is 0 Å². The van der Waals surface area contributed by atoms with E-state index in [0.717, 1.165) is 30.6 Å². The summed E-state index contributed by atoms with van der Waals surface area (Å²) in [4.78, 5) is 0. The van der Waals surface area contributed by atoms with Crippen molar-refractivity contribution in [1.82, 2.24) is 0 Å². The first-order valence-electron chi connectivity index (χ1n) is 6.08. The number of hydrogen-bond acceptors (Lipinski definition) is 1. The highest BCUT2D eigenvalue weighted by molar-refractivity contribution is 5.39. The van der Waals surface area contributed by atoms with Crippen molar-refractivity contribution in [2.75, 3.05) is 6.61 Å². The van der Waals surface area contributed by atoms with Crippen LogP contribution in [0.4, 0.5) is 0 Å². The van der Waals surface area contributed by atoms with E-state index in [1.807, 2.05) is 0 Å². The van der Waals surface area contributed by atoms with Crippen LogP contribution in [0.15, 0.2) is 24.3 Å². The molecule has 1 aliphatic rings. The van der Waals surface area contributed by atoms with Crippen LogP contribution in [0.3, 0.4) is 0 Å². The average Bonchev–Trinajstić information content (AvgIpc) is 3.06. The SMILES string of the molecule is C.CCCOc1ccccc1[C@@H]1C[C@@H]1CC. The van der Waals surface area contributed by atoms with E-state index in [-0.39, 0.29) is 7.43 Å². The molecule has 1 nitrogen and oxygen atoms in total. The Morgan fingerprint density at radius 3 is 2.62 bits per heavy atom. The largest absolute Gasteiger partial charge is 0.493 e. The molecule has 0 bridgehead atoms. The third-order valence-electron chi connectivity index (χ3n) is 3.23. The molecule has 16 heavy (non-hydrogen) atoms. The predicted molar refractivity (Wildman–Crippen MR) is 70.1 cm³/mol. The van der Waals surface area contributed by atoms with Crippen molar-refractivity contribution in [1.29, 1.82) is 0 Å². The summed E-state index contributed by atoms with van der Waals surface area (Å²) in [5, 5.41) is 0. The van der Waals surface area contributed by atoms with E-state index in [1.54, 1.807) is 0 Å². The van der Waals surface area contributed by atoms with E-state index >= 15 is 0 Å². The summed E-state index contributed by atoms with van der Waals surface area (Å²) in [5.74, 6) is 2.78. The van der Waals surface area contributed by atoms with Gasteiger partial charge in [-0.25, -0.2) is 0 Å². The second-order valence-corrected chi connectivity index (χ2v) is 4.40. The van der Waals surface area contributed by atoms with Crippen LogP contribution in [0.1, 0.15) is 52.0 Å². The van der Waals surface area contributed by atoms with Gasteiger partial charge in [0.15, 0.2) is 0 Å². The van der Waals surface area contributed by atoms with Crippen LogP contribution in [-0.2, 0) is 0 Å². The Kier molecular flexibility index (Phi) is 4.85. The summed E-state index contributed by atoms with van der Waals surface area (Å²) in [5.41, 5.74) is 1.43. The zero-order chi connectivity index (χ0) is 10.7. The average molecular weight is 220 g/mol. The number of para-hydroxylation sites is 1. The summed E-state index contributed by atoms with van der Waals surface area (Å²) in [6.07, 6.45) is 3.73. The summed E-state index contributed by atoms with van der Waals surface area (Å²) >= 11 is 0. The fraction of sp³-hybridized carbons (Fsp3) is 0.600. The minimum absolute atomic E-state index is 0. The molecule has 2 rings (SSSR count). The predicted octanol–water partition coefficient (Wildman–Crippen LogP) is 4.63. The van der Waals surface area contributed by atoms with E-state index in [0.29, 0.717) is 0 Å². The van der Waals surface area contributed by atoms with Crippen molar-refractivity contribution in [3.63, 3.8) is 0 Å². The molecule has 0 radical (unpaired) electrons. The van der Waals surface area contributed by atoms with Crippen molar-refractivity contribution >= 4 is 0 Å². The lowest BCUT2D eigenvalue weighted by atomic mass is 10.1. The van der Waals surface area contributed by atoms with Gasteiger partial charge < -0.3 is 4.74 Å². The molecule has 0 aliphatic heterocycles. The van der Waals surface area contributed by atoms with Gasteiger partial charge in [-0.2, -0.15) is 0 Å². The Labute approximate surface area is 99.8 Å². The molecule has 0 unspecified atom stereocenters. The van der Waals surface area contributed by atoms with E-state index < -0.39 is 0 Å². The monoisotopic (exact) mass is 220 g/mol. The van der Waals surface area contributed by atoms with Gasteiger partial charge in [-0.15, -0.1) is 0 Å². The second-order valence-electron chi connectivity index (χ2n) is 4.40.